The molecule has 3 amide bonds. The van der Waals surface area contributed by atoms with Gasteiger partial charge in [0.25, 0.3) is 0 Å². The van der Waals surface area contributed by atoms with Crippen LogP contribution in [0, 0.1) is 24.7 Å². The van der Waals surface area contributed by atoms with Crippen LogP contribution in [0.25, 0.3) is 0 Å². The fourth-order valence-electron chi connectivity index (χ4n) is 5.82. The second-order valence-corrected chi connectivity index (χ2v) is 11.3. The molecular weight excluding hydrogens is 450 g/mol. The average molecular weight is 480 g/mol. The number of para-hydroxylation sites is 1. The van der Waals surface area contributed by atoms with Crippen molar-refractivity contribution >= 4 is 46.8 Å². The summed E-state index contributed by atoms with van der Waals surface area (Å²) in [4.78, 5) is 42.0. The Morgan fingerprint density at radius 1 is 1.34 bits per heavy atom. The lowest BCUT2D eigenvalue weighted by molar-refractivity contribution is -0.142. The standard InChI is InChI=1S/C23H30ClN3O4S/c1-11(2)14(10-28)27-19(21(30)26-18-12(3)6-5-7-13(18)24)23-9-8-15(32-23)16(20(29)25-4)17(23)22(27)31/h5-7,11,14-17,19,28H,8-10H2,1-4H3,(H,25,29)(H,26,30)/t14-,15-,16+,17-,19?,23?/m0/s1. The molecule has 7 nitrogen and oxygen atoms in total. The number of aliphatic hydroxyl groups is 1. The summed E-state index contributed by atoms with van der Waals surface area (Å²) in [6.45, 7) is 5.46. The molecule has 0 aliphatic carbocycles. The predicted octanol–water partition coefficient (Wildman–Crippen LogP) is 2.44. The van der Waals surface area contributed by atoms with Gasteiger partial charge in [-0.25, -0.2) is 0 Å². The van der Waals surface area contributed by atoms with Gasteiger partial charge in [-0.2, -0.15) is 0 Å². The molecule has 0 radical (unpaired) electrons. The van der Waals surface area contributed by atoms with E-state index in [-0.39, 0.29) is 35.5 Å². The Hall–Kier alpha value is -1.77. The Bertz CT molecular complexity index is 937. The van der Waals surface area contributed by atoms with Crippen LogP contribution in [0.2, 0.25) is 5.02 Å². The monoisotopic (exact) mass is 479 g/mol. The molecule has 32 heavy (non-hydrogen) atoms. The fraction of sp³-hybridized carbons (Fsp3) is 0.609. The van der Waals surface area contributed by atoms with Crippen molar-refractivity contribution in [2.24, 2.45) is 17.8 Å². The van der Waals surface area contributed by atoms with E-state index in [2.05, 4.69) is 10.6 Å². The summed E-state index contributed by atoms with van der Waals surface area (Å²) in [5.74, 6) is -1.80. The quantitative estimate of drug-likeness (QED) is 0.582. The van der Waals surface area contributed by atoms with Gasteiger partial charge in [0.15, 0.2) is 0 Å². The summed E-state index contributed by atoms with van der Waals surface area (Å²) in [6, 6.07) is 4.08. The first kappa shape index (κ1) is 23.4. The first-order valence-electron chi connectivity index (χ1n) is 11.1. The van der Waals surface area contributed by atoms with Crippen molar-refractivity contribution in [3.8, 4) is 0 Å². The summed E-state index contributed by atoms with van der Waals surface area (Å²) >= 11 is 7.97. The van der Waals surface area contributed by atoms with Gasteiger partial charge < -0.3 is 20.6 Å². The number of carbonyl (C=O) groups excluding carboxylic acids is 3. The van der Waals surface area contributed by atoms with Crippen LogP contribution < -0.4 is 10.6 Å². The van der Waals surface area contributed by atoms with Gasteiger partial charge in [-0.05, 0) is 37.3 Å². The molecule has 174 valence electrons. The number of nitrogens with one attached hydrogen (secondary N) is 2. The molecule has 3 heterocycles. The lowest BCUT2D eigenvalue weighted by Gasteiger charge is -2.38. The van der Waals surface area contributed by atoms with Gasteiger partial charge in [-0.3, -0.25) is 14.4 Å². The van der Waals surface area contributed by atoms with Gasteiger partial charge in [0.1, 0.15) is 6.04 Å². The summed E-state index contributed by atoms with van der Waals surface area (Å²) in [5, 5.41) is 16.3. The zero-order valence-electron chi connectivity index (χ0n) is 18.7. The van der Waals surface area contributed by atoms with Gasteiger partial charge >= 0.3 is 0 Å². The lowest BCUT2D eigenvalue weighted by atomic mass is 9.70. The van der Waals surface area contributed by atoms with E-state index in [1.165, 1.54) is 0 Å². The van der Waals surface area contributed by atoms with Crippen LogP contribution in [0.1, 0.15) is 32.3 Å². The molecule has 1 aromatic rings. The normalized spacial score (nSPS) is 31.7. The number of aryl methyl sites for hydroxylation is 1. The Morgan fingerprint density at radius 3 is 2.66 bits per heavy atom. The van der Waals surface area contributed by atoms with Crippen molar-refractivity contribution in [2.75, 3.05) is 19.0 Å². The number of anilines is 1. The highest BCUT2D eigenvalue weighted by atomic mass is 35.5. The highest BCUT2D eigenvalue weighted by molar-refractivity contribution is 8.02. The molecule has 4 rings (SSSR count). The number of fused-ring (bicyclic) bond motifs is 1. The van der Waals surface area contributed by atoms with Crippen LogP contribution in [0.5, 0.6) is 0 Å². The topological polar surface area (TPSA) is 98.7 Å². The predicted molar refractivity (Wildman–Crippen MR) is 126 cm³/mol. The third-order valence-corrected chi connectivity index (χ3v) is 9.59. The number of thioether (sulfide) groups is 1. The zero-order chi connectivity index (χ0) is 23.4. The molecule has 6 atom stereocenters. The van der Waals surface area contributed by atoms with E-state index in [1.807, 2.05) is 32.9 Å². The van der Waals surface area contributed by atoms with Crippen LogP contribution in [-0.4, -0.2) is 63.5 Å². The summed E-state index contributed by atoms with van der Waals surface area (Å²) in [7, 11) is 1.58. The molecule has 3 saturated heterocycles. The number of carbonyl (C=O) groups is 3. The van der Waals surface area contributed by atoms with E-state index in [0.29, 0.717) is 17.1 Å². The van der Waals surface area contributed by atoms with E-state index in [1.54, 1.807) is 29.8 Å². The number of hydrogen-bond acceptors (Lipinski definition) is 5. The maximum Gasteiger partial charge on any atom is 0.248 e. The number of benzene rings is 1. The Kier molecular flexibility index (Phi) is 6.24. The third-order valence-electron chi connectivity index (χ3n) is 7.32. The number of hydrogen-bond donors (Lipinski definition) is 3. The average Bonchev–Trinajstić information content (AvgIpc) is 3.38. The number of nitrogens with zero attached hydrogens (tertiary/aromatic N) is 1. The number of rotatable bonds is 6. The van der Waals surface area contributed by atoms with Crippen molar-refractivity contribution in [2.45, 2.75) is 55.7 Å². The maximum absolute atomic E-state index is 13.8. The van der Waals surface area contributed by atoms with Crippen LogP contribution in [0.4, 0.5) is 5.69 Å². The number of amides is 3. The van der Waals surface area contributed by atoms with E-state index < -0.39 is 28.7 Å². The van der Waals surface area contributed by atoms with Crippen LogP contribution >= 0.6 is 23.4 Å². The number of aliphatic hydroxyl groups excluding tert-OH is 1. The summed E-state index contributed by atoms with van der Waals surface area (Å²) < 4.78 is -0.694. The highest BCUT2D eigenvalue weighted by Crippen LogP contribution is 2.66. The van der Waals surface area contributed by atoms with E-state index in [4.69, 9.17) is 11.6 Å². The summed E-state index contributed by atoms with van der Waals surface area (Å²) in [5.41, 5.74) is 1.35. The van der Waals surface area contributed by atoms with E-state index >= 15 is 0 Å². The Balaban J connectivity index is 1.79. The van der Waals surface area contributed by atoms with Gasteiger partial charge in [-0.1, -0.05) is 37.6 Å². The Labute approximate surface area is 197 Å². The van der Waals surface area contributed by atoms with Crippen molar-refractivity contribution in [1.82, 2.24) is 10.2 Å². The van der Waals surface area contributed by atoms with Crippen molar-refractivity contribution in [3.63, 3.8) is 0 Å². The third kappa shape index (κ3) is 3.33. The highest BCUT2D eigenvalue weighted by Gasteiger charge is 2.74. The largest absolute Gasteiger partial charge is 0.394 e. The maximum atomic E-state index is 13.8. The van der Waals surface area contributed by atoms with Crippen molar-refractivity contribution in [3.05, 3.63) is 28.8 Å². The van der Waals surface area contributed by atoms with Gasteiger partial charge in [0.05, 0.1) is 39.9 Å². The first-order valence-corrected chi connectivity index (χ1v) is 12.3. The minimum absolute atomic E-state index is 0.00928. The molecule has 2 bridgehead atoms. The molecule has 1 aromatic carbocycles. The molecule has 0 aromatic heterocycles. The summed E-state index contributed by atoms with van der Waals surface area (Å²) in [6.07, 6.45) is 1.46. The van der Waals surface area contributed by atoms with Crippen LogP contribution in [-0.2, 0) is 14.4 Å². The molecule has 3 aliphatic heterocycles. The van der Waals surface area contributed by atoms with Crippen molar-refractivity contribution in [1.29, 1.82) is 0 Å². The Morgan fingerprint density at radius 2 is 2.06 bits per heavy atom. The molecule has 2 unspecified atom stereocenters. The smallest absolute Gasteiger partial charge is 0.248 e. The zero-order valence-corrected chi connectivity index (χ0v) is 20.3. The second-order valence-electron chi connectivity index (χ2n) is 9.33. The van der Waals surface area contributed by atoms with Crippen LogP contribution in [0.3, 0.4) is 0 Å². The molecule has 3 N–H and O–H groups in total. The molecule has 0 saturated carbocycles. The second kappa shape index (κ2) is 8.54. The minimum atomic E-state index is -0.792. The first-order chi connectivity index (χ1) is 15.2. The lowest BCUT2D eigenvalue weighted by Crippen LogP contribution is -2.56. The fourth-order valence-corrected chi connectivity index (χ4v) is 8.29. The van der Waals surface area contributed by atoms with Crippen LogP contribution in [0.15, 0.2) is 18.2 Å². The van der Waals surface area contributed by atoms with Crippen molar-refractivity contribution < 1.29 is 19.5 Å². The van der Waals surface area contributed by atoms with Gasteiger partial charge in [0.2, 0.25) is 17.7 Å². The van der Waals surface area contributed by atoms with Gasteiger partial charge in [-0.15, -0.1) is 11.8 Å². The van der Waals surface area contributed by atoms with E-state index in [0.717, 1.165) is 12.0 Å². The molecular formula is C23H30ClN3O4S. The molecule has 3 fully saturated rings. The van der Waals surface area contributed by atoms with E-state index in [9.17, 15) is 19.5 Å². The number of halogens is 1. The molecule has 1 spiro atoms. The molecule has 9 heteroatoms. The number of likely N-dealkylation sites (tertiary alicyclic amines) is 1. The molecule has 3 aliphatic rings. The SMILES string of the molecule is CNC(=O)[C@@H]1[C@@H]2CCC3(S2)C(C(=O)Nc2c(C)cccc2Cl)N([C@@H](CO)C(C)C)C(=O)[C@H]13. The van der Waals surface area contributed by atoms with Gasteiger partial charge in [0, 0.05) is 12.3 Å². The minimum Gasteiger partial charge on any atom is -0.394 e.